The first kappa shape index (κ1) is 28.2. The van der Waals surface area contributed by atoms with Gasteiger partial charge in [-0.15, -0.1) is 0 Å². The van der Waals surface area contributed by atoms with Crippen molar-refractivity contribution in [1.82, 2.24) is 19.5 Å². The molecule has 7 aromatic carbocycles. The molecule has 3 aromatic heterocycles. The molecule has 10 rings (SSSR count). The number of fused-ring (bicyclic) bond motifs is 6. The van der Waals surface area contributed by atoms with Crippen LogP contribution in [0.1, 0.15) is 0 Å². The van der Waals surface area contributed by atoms with E-state index >= 15 is 0 Å². The summed E-state index contributed by atoms with van der Waals surface area (Å²) in [6.45, 7) is 0. The predicted octanol–water partition coefficient (Wildman–Crippen LogP) is 11.5. The van der Waals surface area contributed by atoms with Crippen LogP contribution < -0.4 is 0 Å². The Kier molecular flexibility index (Phi) is 6.42. The molecule has 3 heterocycles. The Morgan fingerprint density at radius 3 is 1.52 bits per heavy atom. The molecule has 234 valence electrons. The third-order valence-corrected chi connectivity index (χ3v) is 9.43. The van der Waals surface area contributed by atoms with Crippen LogP contribution in [-0.2, 0) is 0 Å². The second kappa shape index (κ2) is 11.4. The van der Waals surface area contributed by atoms with Gasteiger partial charge in [-0.2, -0.15) is 0 Å². The van der Waals surface area contributed by atoms with E-state index in [4.69, 9.17) is 19.4 Å². The molecular formula is C45H28N4O. The summed E-state index contributed by atoms with van der Waals surface area (Å²) in [6.07, 6.45) is 0. The van der Waals surface area contributed by atoms with Crippen LogP contribution >= 0.6 is 0 Å². The fraction of sp³-hybridized carbons (Fsp3) is 0. The maximum atomic E-state index is 6.63. The minimum atomic E-state index is 0.610. The molecule has 5 heteroatoms. The summed E-state index contributed by atoms with van der Waals surface area (Å²) in [5, 5.41) is 4.60. The van der Waals surface area contributed by atoms with Crippen LogP contribution in [0.25, 0.3) is 94.7 Å². The molecule has 0 bridgehead atoms. The number of furan rings is 1. The minimum absolute atomic E-state index is 0.610. The molecule has 0 radical (unpaired) electrons. The van der Waals surface area contributed by atoms with Crippen LogP contribution in [0.2, 0.25) is 0 Å². The highest BCUT2D eigenvalue weighted by molar-refractivity contribution is 6.13. The maximum absolute atomic E-state index is 6.63. The third-order valence-electron chi connectivity index (χ3n) is 9.43. The van der Waals surface area contributed by atoms with Gasteiger partial charge in [-0.3, -0.25) is 0 Å². The Morgan fingerprint density at radius 1 is 0.380 bits per heavy atom. The van der Waals surface area contributed by atoms with Crippen molar-refractivity contribution in [3.8, 4) is 51.0 Å². The molecule has 10 aromatic rings. The van der Waals surface area contributed by atoms with Gasteiger partial charge >= 0.3 is 0 Å². The van der Waals surface area contributed by atoms with Gasteiger partial charge in [0.1, 0.15) is 11.2 Å². The Morgan fingerprint density at radius 2 is 0.880 bits per heavy atom. The Balaban J connectivity index is 1.21. The first-order valence-electron chi connectivity index (χ1n) is 16.7. The molecule has 0 saturated carbocycles. The summed E-state index contributed by atoms with van der Waals surface area (Å²) in [4.78, 5) is 14.9. The van der Waals surface area contributed by atoms with Crippen LogP contribution in [0.3, 0.4) is 0 Å². The predicted molar refractivity (Wildman–Crippen MR) is 203 cm³/mol. The second-order valence-corrected chi connectivity index (χ2v) is 12.5. The van der Waals surface area contributed by atoms with Crippen LogP contribution in [0, 0.1) is 0 Å². The summed E-state index contributed by atoms with van der Waals surface area (Å²) in [7, 11) is 0. The highest BCUT2D eigenvalue weighted by Gasteiger charge is 2.19. The van der Waals surface area contributed by atoms with Gasteiger partial charge < -0.3 is 8.98 Å². The van der Waals surface area contributed by atoms with Gasteiger partial charge in [0.25, 0.3) is 0 Å². The Bertz CT molecular complexity index is 2760. The highest BCUT2D eigenvalue weighted by Crippen LogP contribution is 2.41. The first-order chi connectivity index (χ1) is 24.8. The molecule has 0 aliphatic carbocycles. The highest BCUT2D eigenvalue weighted by atomic mass is 16.3. The lowest BCUT2D eigenvalue weighted by Crippen LogP contribution is -2.00. The van der Waals surface area contributed by atoms with E-state index in [9.17, 15) is 0 Å². The van der Waals surface area contributed by atoms with E-state index in [2.05, 4.69) is 102 Å². The van der Waals surface area contributed by atoms with E-state index in [1.165, 1.54) is 10.8 Å². The molecule has 0 N–H and O–H groups in total. The van der Waals surface area contributed by atoms with Gasteiger partial charge in [0.15, 0.2) is 17.5 Å². The number of para-hydroxylation sites is 3. The molecule has 0 amide bonds. The normalized spacial score (nSPS) is 11.6. The van der Waals surface area contributed by atoms with E-state index < -0.39 is 0 Å². The van der Waals surface area contributed by atoms with Crippen LogP contribution in [0.15, 0.2) is 174 Å². The van der Waals surface area contributed by atoms with Crippen molar-refractivity contribution in [2.75, 3.05) is 0 Å². The lowest BCUT2D eigenvalue weighted by molar-refractivity contribution is 0.670. The van der Waals surface area contributed by atoms with Crippen molar-refractivity contribution in [2.24, 2.45) is 0 Å². The average Bonchev–Trinajstić information content (AvgIpc) is 3.74. The largest absolute Gasteiger partial charge is 0.455 e. The zero-order valence-electron chi connectivity index (χ0n) is 26.9. The second-order valence-electron chi connectivity index (χ2n) is 12.5. The Labute approximate surface area is 287 Å². The summed E-state index contributed by atoms with van der Waals surface area (Å²) in [5.74, 6) is 1.87. The summed E-state index contributed by atoms with van der Waals surface area (Å²) >= 11 is 0. The van der Waals surface area contributed by atoms with E-state index in [-0.39, 0.29) is 0 Å². The fourth-order valence-corrected chi connectivity index (χ4v) is 7.12. The van der Waals surface area contributed by atoms with Crippen molar-refractivity contribution in [3.05, 3.63) is 170 Å². The lowest BCUT2D eigenvalue weighted by atomic mass is 9.99. The Hall–Kier alpha value is -6.85. The van der Waals surface area contributed by atoms with Crippen molar-refractivity contribution < 1.29 is 4.42 Å². The molecule has 0 aliphatic heterocycles. The number of nitrogens with zero attached hydrogens (tertiary/aromatic N) is 4. The smallest absolute Gasteiger partial charge is 0.164 e. The van der Waals surface area contributed by atoms with Gasteiger partial charge in [0.2, 0.25) is 0 Å². The molecule has 0 aliphatic rings. The molecule has 0 saturated heterocycles. The zero-order valence-corrected chi connectivity index (χ0v) is 26.9. The van der Waals surface area contributed by atoms with Crippen molar-refractivity contribution in [3.63, 3.8) is 0 Å². The molecule has 50 heavy (non-hydrogen) atoms. The molecule has 0 fully saturated rings. The van der Waals surface area contributed by atoms with E-state index in [1.54, 1.807) is 0 Å². The monoisotopic (exact) mass is 640 g/mol. The molecule has 0 atom stereocenters. The number of rotatable bonds is 5. The van der Waals surface area contributed by atoms with Crippen LogP contribution in [0.4, 0.5) is 0 Å². The summed E-state index contributed by atoms with van der Waals surface area (Å²) in [6, 6.07) is 58.6. The van der Waals surface area contributed by atoms with E-state index in [0.29, 0.717) is 17.5 Å². The lowest BCUT2D eigenvalue weighted by Gasteiger charge is -2.13. The average molecular weight is 641 g/mol. The molecule has 0 unspecified atom stereocenters. The topological polar surface area (TPSA) is 56.7 Å². The quantitative estimate of drug-likeness (QED) is 0.188. The number of hydrogen-bond donors (Lipinski definition) is 0. The van der Waals surface area contributed by atoms with E-state index in [0.717, 1.165) is 66.5 Å². The first-order valence-corrected chi connectivity index (χ1v) is 16.7. The van der Waals surface area contributed by atoms with Crippen LogP contribution in [-0.4, -0.2) is 19.5 Å². The molecule has 5 nitrogen and oxygen atoms in total. The van der Waals surface area contributed by atoms with Gasteiger partial charge in [-0.05, 0) is 42.0 Å². The minimum Gasteiger partial charge on any atom is -0.455 e. The van der Waals surface area contributed by atoms with Gasteiger partial charge in [0.05, 0.1) is 11.0 Å². The number of aromatic nitrogens is 4. The van der Waals surface area contributed by atoms with Gasteiger partial charge in [0, 0.05) is 49.5 Å². The van der Waals surface area contributed by atoms with Crippen molar-refractivity contribution in [2.45, 2.75) is 0 Å². The summed E-state index contributed by atoms with van der Waals surface area (Å²) < 4.78 is 9.00. The number of benzene rings is 7. The van der Waals surface area contributed by atoms with E-state index in [1.807, 2.05) is 72.8 Å². The van der Waals surface area contributed by atoms with Crippen LogP contribution in [0.5, 0.6) is 0 Å². The maximum Gasteiger partial charge on any atom is 0.164 e. The standard InChI is InChI=1S/C45H28N4O/c1-3-14-29(15-4-1)43-46-44(30-16-5-2-6-17-30)48-45(47-43)32-19-13-18-31(26-32)37-27-33(28-38-36-22-9-12-25-41(36)50-42(37)38)49-39-23-10-7-20-34(39)35-21-8-11-24-40(35)49/h1-28H. The van der Waals surface area contributed by atoms with Gasteiger partial charge in [-0.1, -0.05) is 133 Å². The third kappa shape index (κ3) is 4.60. The fourth-order valence-electron chi connectivity index (χ4n) is 7.12. The summed E-state index contributed by atoms with van der Waals surface area (Å²) in [5.41, 5.74) is 9.87. The molecule has 0 spiro atoms. The van der Waals surface area contributed by atoms with Gasteiger partial charge in [-0.25, -0.2) is 15.0 Å². The molecular weight excluding hydrogens is 613 g/mol. The van der Waals surface area contributed by atoms with Crippen molar-refractivity contribution in [1.29, 1.82) is 0 Å². The SMILES string of the molecule is c1ccc(-c2nc(-c3ccccc3)nc(-c3cccc(-c4cc(-n5c6ccccc6c6ccccc65)cc5c4oc4ccccc45)c3)n2)cc1. The van der Waals surface area contributed by atoms with Crippen molar-refractivity contribution >= 4 is 43.7 Å². The zero-order chi connectivity index (χ0) is 33.0. The number of hydrogen-bond acceptors (Lipinski definition) is 4.